The van der Waals surface area contributed by atoms with Gasteiger partial charge in [-0.3, -0.25) is 14.4 Å². The maximum absolute atomic E-state index is 11.3. The van der Waals surface area contributed by atoms with Gasteiger partial charge in [-0.1, -0.05) is 16.8 Å². The SMILES string of the molecule is CO/N=C(/Cl)C(=O)[C@H](C(=O)O)C(=O)OC. The van der Waals surface area contributed by atoms with Crippen molar-refractivity contribution in [2.45, 2.75) is 0 Å². The zero-order valence-corrected chi connectivity index (χ0v) is 8.65. The molecule has 0 spiro atoms. The van der Waals surface area contributed by atoms with Crippen molar-refractivity contribution in [2.75, 3.05) is 14.2 Å². The van der Waals surface area contributed by atoms with Gasteiger partial charge >= 0.3 is 11.9 Å². The molecule has 0 heterocycles. The number of nitrogens with zero attached hydrogens (tertiary/aromatic N) is 1. The van der Waals surface area contributed by atoms with E-state index < -0.39 is 28.8 Å². The molecule has 8 heteroatoms. The third kappa shape index (κ3) is 3.55. The maximum Gasteiger partial charge on any atom is 0.328 e. The summed E-state index contributed by atoms with van der Waals surface area (Å²) in [4.78, 5) is 36.9. The Hall–Kier alpha value is -1.63. The number of carbonyl (C=O) groups excluding carboxylic acids is 2. The molecule has 0 amide bonds. The number of hydrogen-bond acceptors (Lipinski definition) is 6. The Bertz CT molecular complexity index is 313. The number of halogens is 1. The van der Waals surface area contributed by atoms with Gasteiger partial charge in [0.2, 0.25) is 16.9 Å². The van der Waals surface area contributed by atoms with Crippen LogP contribution in [0.1, 0.15) is 0 Å². The zero-order valence-electron chi connectivity index (χ0n) is 7.89. The molecule has 0 aromatic heterocycles. The molecule has 0 aromatic rings. The normalized spacial score (nSPS) is 12.9. The molecule has 0 aromatic carbocycles. The van der Waals surface area contributed by atoms with Crippen LogP contribution in [0.15, 0.2) is 5.16 Å². The van der Waals surface area contributed by atoms with Gasteiger partial charge in [-0.25, -0.2) is 0 Å². The first-order chi connectivity index (χ1) is 6.95. The standard InChI is InChI=1S/C7H8ClNO6/c1-14-7(13)3(6(11)12)4(10)5(8)9-15-2/h3H,1-2H3,(H,11,12)/b9-5+/t3-/m1/s1. The number of rotatable bonds is 5. The van der Waals surface area contributed by atoms with Gasteiger partial charge in [0.25, 0.3) is 0 Å². The lowest BCUT2D eigenvalue weighted by atomic mass is 10.1. The minimum atomic E-state index is -2.03. The lowest BCUT2D eigenvalue weighted by molar-refractivity contribution is -0.158. The van der Waals surface area contributed by atoms with Gasteiger partial charge < -0.3 is 14.7 Å². The van der Waals surface area contributed by atoms with E-state index in [4.69, 9.17) is 16.7 Å². The number of esters is 1. The zero-order chi connectivity index (χ0) is 12.0. The molecule has 84 valence electrons. The molecule has 0 aliphatic heterocycles. The Kier molecular flexibility index (Phi) is 5.32. The van der Waals surface area contributed by atoms with E-state index >= 15 is 0 Å². The first-order valence-electron chi connectivity index (χ1n) is 3.57. The fraction of sp³-hybridized carbons (Fsp3) is 0.429. The van der Waals surface area contributed by atoms with E-state index in [2.05, 4.69) is 14.7 Å². The minimum absolute atomic E-state index is 0.740. The van der Waals surface area contributed by atoms with Gasteiger partial charge in [0.1, 0.15) is 7.11 Å². The van der Waals surface area contributed by atoms with E-state index in [0.29, 0.717) is 0 Å². The molecule has 1 N–H and O–H groups in total. The van der Waals surface area contributed by atoms with Crippen LogP contribution in [-0.2, 0) is 24.0 Å². The molecule has 0 saturated heterocycles. The molecule has 0 aliphatic rings. The van der Waals surface area contributed by atoms with Crippen molar-refractivity contribution in [3.8, 4) is 0 Å². The number of ether oxygens (including phenoxy) is 1. The lowest BCUT2D eigenvalue weighted by Crippen LogP contribution is -2.35. The van der Waals surface area contributed by atoms with Crippen molar-refractivity contribution in [3.05, 3.63) is 0 Å². The van der Waals surface area contributed by atoms with E-state index in [1.165, 1.54) is 0 Å². The summed E-state index contributed by atoms with van der Waals surface area (Å²) in [7, 11) is 2.07. The Labute approximate surface area is 89.6 Å². The molecule has 0 rings (SSSR count). The molecule has 7 nitrogen and oxygen atoms in total. The molecule has 0 bridgehead atoms. The second kappa shape index (κ2) is 5.97. The molecular formula is C7H8ClNO6. The highest BCUT2D eigenvalue weighted by atomic mass is 35.5. The summed E-state index contributed by atoms with van der Waals surface area (Å²) in [5, 5.41) is 10.9. The smallest absolute Gasteiger partial charge is 0.328 e. The summed E-state index contributed by atoms with van der Waals surface area (Å²) in [5.74, 6) is -6.12. The topological polar surface area (TPSA) is 102 Å². The highest BCUT2D eigenvalue weighted by molar-refractivity contribution is 6.84. The molecule has 0 aliphatic carbocycles. The number of Topliss-reactive ketones (excluding diaryl/α,β-unsaturated/α-hetero) is 1. The Morgan fingerprint density at radius 1 is 1.33 bits per heavy atom. The van der Waals surface area contributed by atoms with Crippen molar-refractivity contribution in [2.24, 2.45) is 11.1 Å². The average Bonchev–Trinajstić information content (AvgIpc) is 2.17. The van der Waals surface area contributed by atoms with Crippen LogP contribution in [-0.4, -0.2) is 42.2 Å². The molecule has 0 saturated carbocycles. The Morgan fingerprint density at radius 3 is 2.20 bits per heavy atom. The molecular weight excluding hydrogens is 230 g/mol. The van der Waals surface area contributed by atoms with Crippen molar-refractivity contribution < 1.29 is 29.1 Å². The summed E-state index contributed by atoms with van der Waals surface area (Å²) in [6.45, 7) is 0. The van der Waals surface area contributed by atoms with Crippen molar-refractivity contribution in [3.63, 3.8) is 0 Å². The van der Waals surface area contributed by atoms with Crippen LogP contribution >= 0.6 is 11.6 Å². The van der Waals surface area contributed by atoms with E-state index in [9.17, 15) is 14.4 Å². The summed E-state index contributed by atoms with van der Waals surface area (Å²) in [6.07, 6.45) is 0. The highest BCUT2D eigenvalue weighted by Gasteiger charge is 2.37. The van der Waals surface area contributed by atoms with Crippen molar-refractivity contribution in [1.82, 2.24) is 0 Å². The van der Waals surface area contributed by atoms with Gasteiger partial charge in [-0.2, -0.15) is 0 Å². The second-order valence-corrected chi connectivity index (χ2v) is 2.58. The van der Waals surface area contributed by atoms with Gasteiger partial charge in [0.15, 0.2) is 0 Å². The van der Waals surface area contributed by atoms with Gasteiger partial charge in [0, 0.05) is 0 Å². The second-order valence-electron chi connectivity index (χ2n) is 2.22. The van der Waals surface area contributed by atoms with Crippen LogP contribution in [0, 0.1) is 5.92 Å². The fourth-order valence-electron chi connectivity index (χ4n) is 0.682. The monoisotopic (exact) mass is 237 g/mol. The van der Waals surface area contributed by atoms with Gasteiger partial charge in [-0.05, 0) is 0 Å². The Balaban J connectivity index is 4.95. The fourth-order valence-corrected chi connectivity index (χ4v) is 0.860. The van der Waals surface area contributed by atoms with E-state index in [0.717, 1.165) is 14.2 Å². The minimum Gasteiger partial charge on any atom is -0.480 e. The molecule has 1 atom stereocenters. The lowest BCUT2D eigenvalue weighted by Gasteiger charge is -2.06. The first kappa shape index (κ1) is 13.4. The van der Waals surface area contributed by atoms with Crippen LogP contribution in [0.4, 0.5) is 0 Å². The third-order valence-electron chi connectivity index (χ3n) is 1.32. The summed E-state index contributed by atoms with van der Waals surface area (Å²) in [6, 6.07) is 0. The summed E-state index contributed by atoms with van der Waals surface area (Å²) >= 11 is 5.28. The molecule has 0 radical (unpaired) electrons. The van der Waals surface area contributed by atoms with Crippen molar-refractivity contribution in [1.29, 1.82) is 0 Å². The predicted octanol–water partition coefficient (Wildman–Crippen LogP) is -0.372. The van der Waals surface area contributed by atoms with Crippen LogP contribution in [0.3, 0.4) is 0 Å². The number of carboxylic acid groups (broad SMARTS) is 1. The van der Waals surface area contributed by atoms with Crippen molar-refractivity contribution >= 4 is 34.5 Å². The number of methoxy groups -OCH3 is 1. The predicted molar refractivity (Wildman–Crippen MR) is 48.4 cm³/mol. The maximum atomic E-state index is 11.3. The first-order valence-corrected chi connectivity index (χ1v) is 3.95. The number of oxime groups is 1. The number of aliphatic carboxylic acids is 1. The van der Waals surface area contributed by atoms with E-state index in [1.807, 2.05) is 0 Å². The van der Waals surface area contributed by atoms with Crippen LogP contribution in [0.25, 0.3) is 0 Å². The third-order valence-corrected chi connectivity index (χ3v) is 1.58. The number of ketones is 1. The van der Waals surface area contributed by atoms with Gasteiger partial charge in [0.05, 0.1) is 7.11 Å². The van der Waals surface area contributed by atoms with Crippen LogP contribution in [0.2, 0.25) is 0 Å². The summed E-state index contributed by atoms with van der Waals surface area (Å²) in [5.41, 5.74) is 0. The number of carbonyl (C=O) groups is 3. The van der Waals surface area contributed by atoms with Crippen LogP contribution < -0.4 is 0 Å². The molecule has 0 unspecified atom stereocenters. The molecule has 0 fully saturated rings. The largest absolute Gasteiger partial charge is 0.480 e. The quantitative estimate of drug-likeness (QED) is 0.303. The molecule has 15 heavy (non-hydrogen) atoms. The summed E-state index contributed by atoms with van der Waals surface area (Å²) < 4.78 is 4.13. The van der Waals surface area contributed by atoms with Gasteiger partial charge in [-0.15, -0.1) is 0 Å². The number of carboxylic acids is 1. The Morgan fingerprint density at radius 2 is 1.87 bits per heavy atom. The van der Waals surface area contributed by atoms with E-state index in [1.54, 1.807) is 0 Å². The number of hydrogen-bond donors (Lipinski definition) is 1. The highest BCUT2D eigenvalue weighted by Crippen LogP contribution is 2.06. The van der Waals surface area contributed by atoms with E-state index in [-0.39, 0.29) is 0 Å². The average molecular weight is 238 g/mol. The van der Waals surface area contributed by atoms with Crippen LogP contribution in [0.5, 0.6) is 0 Å².